The number of likely N-dealkylation sites (tertiary alicyclic amines) is 1. The highest BCUT2D eigenvalue weighted by Gasteiger charge is 2.25. The van der Waals surface area contributed by atoms with Crippen LogP contribution in [0.15, 0.2) is 0 Å². The van der Waals surface area contributed by atoms with E-state index in [2.05, 4.69) is 18.7 Å². The van der Waals surface area contributed by atoms with Crippen molar-refractivity contribution in [2.24, 2.45) is 11.7 Å². The molecule has 0 aromatic carbocycles. The lowest BCUT2D eigenvalue weighted by Gasteiger charge is -2.38. The van der Waals surface area contributed by atoms with E-state index in [1.807, 2.05) is 0 Å². The Bertz CT molecular complexity index is 205. The Balaban J connectivity index is 2.07. The fourth-order valence-electron chi connectivity index (χ4n) is 3.37. The molecule has 0 radical (unpaired) electrons. The molecule has 2 heteroatoms. The third kappa shape index (κ3) is 6.76. The molecule has 1 saturated heterocycles. The first kappa shape index (κ1) is 17.0. The van der Waals surface area contributed by atoms with E-state index in [1.165, 1.54) is 77.3 Å². The fourth-order valence-corrected chi connectivity index (χ4v) is 3.37. The van der Waals surface area contributed by atoms with E-state index in [0.717, 1.165) is 12.5 Å². The summed E-state index contributed by atoms with van der Waals surface area (Å²) in [5.74, 6) is 0.929. The lowest BCUT2D eigenvalue weighted by Crippen LogP contribution is -2.46. The molecule has 0 aliphatic carbocycles. The molecule has 114 valence electrons. The summed E-state index contributed by atoms with van der Waals surface area (Å²) >= 11 is 0. The fraction of sp³-hybridized carbons (Fsp3) is 1.00. The molecule has 0 amide bonds. The van der Waals surface area contributed by atoms with Crippen molar-refractivity contribution in [3.8, 4) is 0 Å². The summed E-state index contributed by atoms with van der Waals surface area (Å²) < 4.78 is 0. The first-order valence-electron chi connectivity index (χ1n) is 8.75. The Morgan fingerprint density at radius 2 is 1.68 bits per heavy atom. The smallest absolute Gasteiger partial charge is 0.0221 e. The van der Waals surface area contributed by atoms with Gasteiger partial charge in [0.15, 0.2) is 0 Å². The van der Waals surface area contributed by atoms with Gasteiger partial charge < -0.3 is 5.73 Å². The highest BCUT2D eigenvalue weighted by atomic mass is 15.2. The molecule has 2 nitrogen and oxygen atoms in total. The maximum atomic E-state index is 5.95. The van der Waals surface area contributed by atoms with Gasteiger partial charge in [-0.15, -0.1) is 0 Å². The Kier molecular flexibility index (Phi) is 9.54. The van der Waals surface area contributed by atoms with Gasteiger partial charge in [-0.3, -0.25) is 4.90 Å². The summed E-state index contributed by atoms with van der Waals surface area (Å²) in [5.41, 5.74) is 5.95. The molecule has 0 aromatic heterocycles. The summed E-state index contributed by atoms with van der Waals surface area (Å²) in [6.07, 6.45) is 13.9. The molecule has 1 heterocycles. The van der Waals surface area contributed by atoms with Crippen molar-refractivity contribution in [1.29, 1.82) is 0 Å². The molecule has 1 fully saturated rings. The lowest BCUT2D eigenvalue weighted by molar-refractivity contribution is 0.112. The molecular formula is C17H36N2. The van der Waals surface area contributed by atoms with Gasteiger partial charge in [-0.2, -0.15) is 0 Å². The SMILES string of the molecule is CCCCCCCCCN1CCC(CC)CC1CN. The maximum Gasteiger partial charge on any atom is 0.0221 e. The molecule has 0 bridgehead atoms. The zero-order valence-electron chi connectivity index (χ0n) is 13.4. The Morgan fingerprint density at radius 1 is 1.00 bits per heavy atom. The van der Waals surface area contributed by atoms with Gasteiger partial charge in [-0.25, -0.2) is 0 Å². The van der Waals surface area contributed by atoms with Crippen LogP contribution in [0.2, 0.25) is 0 Å². The molecule has 1 aliphatic heterocycles. The molecule has 19 heavy (non-hydrogen) atoms. The number of unbranched alkanes of at least 4 members (excludes halogenated alkanes) is 6. The third-order valence-corrected chi connectivity index (χ3v) is 4.84. The predicted octanol–water partition coefficient (Wildman–Crippen LogP) is 4.19. The first-order valence-corrected chi connectivity index (χ1v) is 8.75. The van der Waals surface area contributed by atoms with Crippen LogP contribution in [0.3, 0.4) is 0 Å². The average molecular weight is 268 g/mol. The molecule has 2 N–H and O–H groups in total. The zero-order valence-corrected chi connectivity index (χ0v) is 13.4. The minimum atomic E-state index is 0.666. The number of hydrogen-bond acceptors (Lipinski definition) is 2. The summed E-state index contributed by atoms with van der Waals surface area (Å²) in [6, 6.07) is 0.666. The molecule has 2 atom stereocenters. The molecule has 1 rings (SSSR count). The van der Waals surface area contributed by atoms with Gasteiger partial charge in [0.1, 0.15) is 0 Å². The van der Waals surface area contributed by atoms with Crippen LogP contribution < -0.4 is 5.73 Å². The molecule has 1 aliphatic rings. The monoisotopic (exact) mass is 268 g/mol. The van der Waals surface area contributed by atoms with Crippen LogP contribution in [0, 0.1) is 5.92 Å². The highest BCUT2D eigenvalue weighted by Crippen LogP contribution is 2.25. The Labute approximate surface area is 121 Å². The van der Waals surface area contributed by atoms with E-state index < -0.39 is 0 Å². The predicted molar refractivity (Wildman–Crippen MR) is 85.4 cm³/mol. The maximum absolute atomic E-state index is 5.95. The van der Waals surface area contributed by atoms with Crippen LogP contribution in [0.5, 0.6) is 0 Å². The van der Waals surface area contributed by atoms with Gasteiger partial charge in [-0.1, -0.05) is 58.8 Å². The van der Waals surface area contributed by atoms with Gasteiger partial charge >= 0.3 is 0 Å². The van der Waals surface area contributed by atoms with E-state index in [1.54, 1.807) is 0 Å². The summed E-state index contributed by atoms with van der Waals surface area (Å²) in [7, 11) is 0. The van der Waals surface area contributed by atoms with E-state index >= 15 is 0 Å². The topological polar surface area (TPSA) is 29.3 Å². The number of rotatable bonds is 10. The average Bonchev–Trinajstić information content (AvgIpc) is 2.46. The summed E-state index contributed by atoms with van der Waals surface area (Å²) in [6.45, 7) is 8.03. The number of nitrogens with two attached hydrogens (primary N) is 1. The number of piperidine rings is 1. The van der Waals surface area contributed by atoms with E-state index in [0.29, 0.717) is 6.04 Å². The summed E-state index contributed by atoms with van der Waals surface area (Å²) in [4.78, 5) is 2.66. The first-order chi connectivity index (χ1) is 9.31. The number of nitrogens with zero attached hydrogens (tertiary/aromatic N) is 1. The molecule has 0 spiro atoms. The molecule has 2 unspecified atom stereocenters. The second-order valence-corrected chi connectivity index (χ2v) is 6.35. The van der Waals surface area contributed by atoms with Gasteiger partial charge in [0, 0.05) is 12.6 Å². The van der Waals surface area contributed by atoms with Crippen molar-refractivity contribution < 1.29 is 0 Å². The second kappa shape index (κ2) is 10.7. The minimum absolute atomic E-state index is 0.666. The Hall–Kier alpha value is -0.0800. The van der Waals surface area contributed by atoms with E-state index in [-0.39, 0.29) is 0 Å². The van der Waals surface area contributed by atoms with E-state index in [4.69, 9.17) is 5.73 Å². The van der Waals surface area contributed by atoms with Crippen LogP contribution in [-0.4, -0.2) is 30.6 Å². The van der Waals surface area contributed by atoms with Crippen molar-refractivity contribution in [3.05, 3.63) is 0 Å². The lowest BCUT2D eigenvalue weighted by atomic mass is 9.88. The van der Waals surface area contributed by atoms with Crippen LogP contribution >= 0.6 is 0 Å². The quantitative estimate of drug-likeness (QED) is 0.602. The third-order valence-electron chi connectivity index (χ3n) is 4.84. The zero-order chi connectivity index (χ0) is 13.9. The highest BCUT2D eigenvalue weighted by molar-refractivity contribution is 4.81. The van der Waals surface area contributed by atoms with Crippen LogP contribution in [0.1, 0.15) is 78.1 Å². The van der Waals surface area contributed by atoms with Crippen molar-refractivity contribution in [2.45, 2.75) is 84.1 Å². The largest absolute Gasteiger partial charge is 0.329 e. The van der Waals surface area contributed by atoms with Crippen LogP contribution in [0.4, 0.5) is 0 Å². The van der Waals surface area contributed by atoms with Gasteiger partial charge in [0.2, 0.25) is 0 Å². The second-order valence-electron chi connectivity index (χ2n) is 6.35. The molecular weight excluding hydrogens is 232 g/mol. The van der Waals surface area contributed by atoms with Crippen molar-refractivity contribution in [2.75, 3.05) is 19.6 Å². The van der Waals surface area contributed by atoms with Gasteiger partial charge in [0.05, 0.1) is 0 Å². The van der Waals surface area contributed by atoms with Crippen molar-refractivity contribution in [1.82, 2.24) is 4.90 Å². The minimum Gasteiger partial charge on any atom is -0.329 e. The normalized spacial score (nSPS) is 24.8. The van der Waals surface area contributed by atoms with Crippen LogP contribution in [-0.2, 0) is 0 Å². The van der Waals surface area contributed by atoms with Gasteiger partial charge in [0.25, 0.3) is 0 Å². The van der Waals surface area contributed by atoms with Crippen molar-refractivity contribution in [3.63, 3.8) is 0 Å². The van der Waals surface area contributed by atoms with Crippen molar-refractivity contribution >= 4 is 0 Å². The molecule has 0 aromatic rings. The summed E-state index contributed by atoms with van der Waals surface area (Å²) in [5, 5.41) is 0. The molecule has 0 saturated carbocycles. The standard InChI is InChI=1S/C17H36N2/c1-3-5-6-7-8-9-10-12-19-13-11-16(4-2)14-17(19)15-18/h16-17H,3-15,18H2,1-2H3. The van der Waals surface area contributed by atoms with E-state index in [9.17, 15) is 0 Å². The Morgan fingerprint density at radius 3 is 2.32 bits per heavy atom. The number of hydrogen-bond donors (Lipinski definition) is 1. The van der Waals surface area contributed by atoms with Gasteiger partial charge in [-0.05, 0) is 38.3 Å². The van der Waals surface area contributed by atoms with Crippen LogP contribution in [0.25, 0.3) is 0 Å².